The Balaban J connectivity index is 1.37. The molecule has 0 unspecified atom stereocenters. The van der Waals surface area contributed by atoms with Crippen molar-refractivity contribution in [2.45, 2.75) is 43.8 Å². The summed E-state index contributed by atoms with van der Waals surface area (Å²) in [5.41, 5.74) is 3.45. The first kappa shape index (κ1) is 24.9. The fourth-order valence-corrected chi connectivity index (χ4v) is 5.13. The maximum Gasteiger partial charge on any atom is 0.164 e. The standard InChI is InChI=1S/C25H23BrFN7O4/c1-12-29-25(34(31-12)15-3-5-18-14(8-15)6-7-28-18)24-23(37)21(22(36)20(11-35)38-24)33-10-19(30-32-33)13-2-4-16(26)17(27)9-13/h2-5,7-10,20-24,35-37H,6,11H2,1H3/t20-,21+,22+,23-,24-/m1/s1. The number of benzene rings is 2. The van der Waals surface area contributed by atoms with Crippen molar-refractivity contribution >= 4 is 27.8 Å². The van der Waals surface area contributed by atoms with Gasteiger partial charge in [-0.15, -0.1) is 5.10 Å². The predicted octanol–water partition coefficient (Wildman–Crippen LogP) is 2.39. The van der Waals surface area contributed by atoms with E-state index in [0.29, 0.717) is 39.5 Å². The Morgan fingerprint density at radius 3 is 2.79 bits per heavy atom. The molecule has 1 fully saturated rings. The van der Waals surface area contributed by atoms with E-state index < -0.39 is 42.9 Å². The molecule has 2 aliphatic heterocycles. The van der Waals surface area contributed by atoms with Gasteiger partial charge in [-0.05, 0) is 58.7 Å². The van der Waals surface area contributed by atoms with Crippen LogP contribution >= 0.6 is 15.9 Å². The van der Waals surface area contributed by atoms with Gasteiger partial charge in [0.1, 0.15) is 47.8 Å². The van der Waals surface area contributed by atoms with Gasteiger partial charge in [0.25, 0.3) is 0 Å². The topological polar surface area (TPSA) is 144 Å². The number of aliphatic hydroxyl groups is 3. The highest BCUT2D eigenvalue weighted by Gasteiger charge is 2.48. The minimum Gasteiger partial charge on any atom is -0.394 e. The zero-order valence-electron chi connectivity index (χ0n) is 20.1. The first-order chi connectivity index (χ1) is 18.3. The number of ether oxygens (including phenoxy) is 1. The molecule has 1 saturated heterocycles. The van der Waals surface area contributed by atoms with Crippen LogP contribution in [0.25, 0.3) is 16.9 Å². The quantitative estimate of drug-likeness (QED) is 0.325. The van der Waals surface area contributed by atoms with Crippen molar-refractivity contribution in [3.63, 3.8) is 0 Å². The Morgan fingerprint density at radius 1 is 1.16 bits per heavy atom. The minimum absolute atomic E-state index is 0.305. The Bertz CT molecular complexity index is 1540. The van der Waals surface area contributed by atoms with Crippen molar-refractivity contribution in [1.82, 2.24) is 29.8 Å². The predicted molar refractivity (Wildman–Crippen MR) is 137 cm³/mol. The highest BCUT2D eigenvalue weighted by Crippen LogP contribution is 2.39. The molecule has 0 bridgehead atoms. The second kappa shape index (κ2) is 9.75. The fraction of sp³-hybridized carbons (Fsp3) is 0.320. The second-order valence-corrected chi connectivity index (χ2v) is 10.1. The molecule has 3 N–H and O–H groups in total. The molecule has 196 valence electrons. The molecule has 13 heteroatoms. The van der Waals surface area contributed by atoms with Crippen LogP contribution in [0.5, 0.6) is 0 Å². The molecule has 0 spiro atoms. The summed E-state index contributed by atoms with van der Waals surface area (Å²) in [6, 6.07) is 9.17. The van der Waals surface area contributed by atoms with Gasteiger partial charge in [-0.25, -0.2) is 18.7 Å². The number of hydrogen-bond acceptors (Lipinski definition) is 9. The summed E-state index contributed by atoms with van der Waals surface area (Å²) in [5.74, 6) is 0.298. The van der Waals surface area contributed by atoms with Crippen LogP contribution in [0.15, 0.2) is 52.1 Å². The van der Waals surface area contributed by atoms with Crippen molar-refractivity contribution in [1.29, 1.82) is 0 Å². The van der Waals surface area contributed by atoms with Crippen LogP contribution in [-0.4, -0.2) is 76.2 Å². The monoisotopic (exact) mass is 583 g/mol. The second-order valence-electron chi connectivity index (χ2n) is 9.22. The summed E-state index contributed by atoms with van der Waals surface area (Å²) < 4.78 is 23.3. The molecule has 0 saturated carbocycles. The zero-order valence-corrected chi connectivity index (χ0v) is 21.6. The third-order valence-electron chi connectivity index (χ3n) is 6.77. The SMILES string of the molecule is Cc1nc([C@@H]2O[C@H](CO)[C@H](O)[C@H](n3cc(-c4ccc(Br)c(F)c4)nn3)[C@H]2O)n(-c2ccc3c(c2)CC=N3)n1. The Morgan fingerprint density at radius 2 is 2.00 bits per heavy atom. The van der Waals surface area contributed by atoms with E-state index in [1.165, 1.54) is 16.9 Å². The highest BCUT2D eigenvalue weighted by molar-refractivity contribution is 9.10. The van der Waals surface area contributed by atoms with Gasteiger partial charge in [-0.2, -0.15) is 5.10 Å². The molecule has 4 aromatic rings. The number of aliphatic hydroxyl groups excluding tert-OH is 3. The third-order valence-corrected chi connectivity index (χ3v) is 7.41. The molecular weight excluding hydrogens is 561 g/mol. The van der Waals surface area contributed by atoms with Gasteiger partial charge in [0, 0.05) is 18.2 Å². The van der Waals surface area contributed by atoms with E-state index in [2.05, 4.69) is 41.3 Å². The summed E-state index contributed by atoms with van der Waals surface area (Å²) in [5, 5.41) is 45.3. The molecule has 11 nitrogen and oxygen atoms in total. The van der Waals surface area contributed by atoms with E-state index in [9.17, 15) is 19.7 Å². The number of aromatic nitrogens is 6. The summed E-state index contributed by atoms with van der Waals surface area (Å²) in [6.07, 6.45) is -0.738. The molecular formula is C25H23BrFN7O4. The lowest BCUT2D eigenvalue weighted by atomic mass is 9.92. The molecule has 2 aromatic heterocycles. The number of nitrogens with zero attached hydrogens (tertiary/aromatic N) is 7. The first-order valence-corrected chi connectivity index (χ1v) is 12.7. The van der Waals surface area contributed by atoms with E-state index in [-0.39, 0.29) is 0 Å². The van der Waals surface area contributed by atoms with Crippen LogP contribution < -0.4 is 0 Å². The first-order valence-electron chi connectivity index (χ1n) is 11.9. The van der Waals surface area contributed by atoms with Crippen LogP contribution in [0, 0.1) is 12.7 Å². The Hall–Kier alpha value is -3.36. The molecule has 0 amide bonds. The number of rotatable bonds is 5. The fourth-order valence-electron chi connectivity index (χ4n) is 4.88. The van der Waals surface area contributed by atoms with E-state index in [0.717, 1.165) is 11.3 Å². The average Bonchev–Trinajstić information content (AvgIpc) is 3.65. The van der Waals surface area contributed by atoms with Crippen LogP contribution in [0.3, 0.4) is 0 Å². The van der Waals surface area contributed by atoms with Gasteiger partial charge >= 0.3 is 0 Å². The molecule has 4 heterocycles. The minimum atomic E-state index is -1.34. The van der Waals surface area contributed by atoms with E-state index >= 15 is 0 Å². The lowest BCUT2D eigenvalue weighted by molar-refractivity contribution is -0.210. The van der Waals surface area contributed by atoms with Crippen molar-refractivity contribution in [2.75, 3.05) is 6.61 Å². The number of fused-ring (bicyclic) bond motifs is 1. The van der Waals surface area contributed by atoms with Crippen molar-refractivity contribution in [2.24, 2.45) is 4.99 Å². The number of aliphatic imine (C=N–C) groups is 1. The van der Waals surface area contributed by atoms with Gasteiger partial charge in [-0.3, -0.25) is 4.99 Å². The van der Waals surface area contributed by atoms with E-state index in [4.69, 9.17) is 4.74 Å². The number of halogens is 2. The summed E-state index contributed by atoms with van der Waals surface area (Å²) in [6.45, 7) is 1.21. The average molecular weight is 584 g/mol. The summed E-state index contributed by atoms with van der Waals surface area (Å²) in [4.78, 5) is 8.87. The van der Waals surface area contributed by atoms with Crippen molar-refractivity contribution in [3.05, 3.63) is 70.1 Å². The molecule has 38 heavy (non-hydrogen) atoms. The highest BCUT2D eigenvalue weighted by atomic mass is 79.9. The normalized spacial score (nSPS) is 24.6. The maximum atomic E-state index is 14.1. The largest absolute Gasteiger partial charge is 0.394 e. The summed E-state index contributed by atoms with van der Waals surface area (Å²) in [7, 11) is 0. The van der Waals surface area contributed by atoms with Crippen LogP contribution in [0.2, 0.25) is 0 Å². The van der Waals surface area contributed by atoms with Crippen LogP contribution in [0.1, 0.15) is 29.4 Å². The van der Waals surface area contributed by atoms with Gasteiger partial charge < -0.3 is 20.1 Å². The molecule has 2 aliphatic rings. The van der Waals surface area contributed by atoms with Gasteiger partial charge in [0.05, 0.1) is 28.7 Å². The number of hydrogen-bond donors (Lipinski definition) is 3. The number of aryl methyl sites for hydroxylation is 1. The molecule has 5 atom stereocenters. The molecule has 0 radical (unpaired) electrons. The van der Waals surface area contributed by atoms with Crippen LogP contribution in [-0.2, 0) is 11.2 Å². The third kappa shape index (κ3) is 4.25. The maximum absolute atomic E-state index is 14.1. The van der Waals surface area contributed by atoms with Gasteiger partial charge in [-0.1, -0.05) is 11.3 Å². The molecule has 0 aliphatic carbocycles. The summed E-state index contributed by atoms with van der Waals surface area (Å²) >= 11 is 3.13. The lowest BCUT2D eigenvalue weighted by Crippen LogP contribution is -2.53. The lowest BCUT2D eigenvalue weighted by Gasteiger charge is -2.41. The Kier molecular flexibility index (Phi) is 6.40. The molecule has 6 rings (SSSR count). The van der Waals surface area contributed by atoms with Crippen LogP contribution in [0.4, 0.5) is 10.1 Å². The Labute approximate surface area is 224 Å². The van der Waals surface area contributed by atoms with Crippen molar-refractivity contribution in [3.8, 4) is 16.9 Å². The van der Waals surface area contributed by atoms with Gasteiger partial charge in [0.2, 0.25) is 0 Å². The van der Waals surface area contributed by atoms with E-state index in [1.54, 1.807) is 23.7 Å². The molecule has 2 aromatic carbocycles. The van der Waals surface area contributed by atoms with E-state index in [1.807, 2.05) is 24.4 Å². The van der Waals surface area contributed by atoms with Crippen molar-refractivity contribution < 1.29 is 24.4 Å². The smallest absolute Gasteiger partial charge is 0.164 e. The zero-order chi connectivity index (χ0) is 26.6. The van der Waals surface area contributed by atoms with Gasteiger partial charge in [0.15, 0.2) is 5.82 Å².